The molecule has 12 heteroatoms. The lowest BCUT2D eigenvalue weighted by molar-refractivity contribution is -0.152. The van der Waals surface area contributed by atoms with E-state index in [0.29, 0.717) is 42.9 Å². The highest BCUT2D eigenvalue weighted by Crippen LogP contribution is 2.44. The van der Waals surface area contributed by atoms with Gasteiger partial charge in [0, 0.05) is 51.9 Å². The number of carbonyl (C=O) groups excluding carboxylic acids is 4. The normalized spacial score (nSPS) is 18.1. The topological polar surface area (TPSA) is 118 Å². The van der Waals surface area contributed by atoms with Crippen molar-refractivity contribution in [2.75, 3.05) is 80.5 Å². The minimum atomic E-state index is -0.00106. The summed E-state index contributed by atoms with van der Waals surface area (Å²) in [6.07, 6.45) is 54.8. The number of esters is 4. The van der Waals surface area contributed by atoms with E-state index in [1.165, 1.54) is 161 Å². The van der Waals surface area contributed by atoms with E-state index in [0.717, 1.165) is 193 Å². The number of unbranched alkanes of at least 4 members (excludes halogenated alkanes) is 25. The van der Waals surface area contributed by atoms with Gasteiger partial charge >= 0.3 is 23.9 Å². The average Bonchev–Trinajstić information content (AvgIpc) is 0.986. The lowest BCUT2D eigenvalue weighted by Gasteiger charge is -2.40. The van der Waals surface area contributed by atoms with E-state index in [-0.39, 0.29) is 53.7 Å². The second-order valence-electron chi connectivity index (χ2n) is 33.3. The predicted octanol–water partition coefficient (Wildman–Crippen LogP) is 21.9. The molecule has 3 unspecified atom stereocenters. The number of likely N-dealkylation sites (N-methyl/N-ethyl adjacent to an activating group) is 2. The number of nitrogens with zero attached hydrogens (tertiary/aromatic N) is 4. The number of ether oxygens (including phenoxy) is 4. The summed E-state index contributed by atoms with van der Waals surface area (Å²) in [4.78, 5) is 61.3. The van der Waals surface area contributed by atoms with E-state index in [4.69, 9.17) is 18.9 Å². The summed E-state index contributed by atoms with van der Waals surface area (Å²) in [6.45, 7) is 30.1. The van der Waals surface area contributed by atoms with Crippen LogP contribution in [0.3, 0.4) is 0 Å². The van der Waals surface area contributed by atoms with Gasteiger partial charge in [-0.1, -0.05) is 204 Å². The van der Waals surface area contributed by atoms with Crippen LogP contribution in [0.1, 0.15) is 383 Å². The molecule has 2 aliphatic rings. The fraction of sp³-hybridized carbons (Fsp3) is 0.952. The molecule has 2 aliphatic carbocycles. The van der Waals surface area contributed by atoms with Crippen LogP contribution in [0, 0.1) is 28.6 Å². The standard InChI is InChI=1S/C84H162N4O8/c1-14-17-36-47-75(46-19-16-3)93-79(89)49-40-30-26-34-44-65-88(70-68-86(12)13)66-45-35-27-31-41-50-80(90)94-76(48-37-18-15-2)58-53-72(4)71-84(8,9)74-56-61-78(62-57-74)96-82(92)52-39-29-23-21-25-33-43-64-87(69-67-85(10)11)63-42-32-24-20-22-28-38-51-81(91)95-77-59-54-73(55-60-77)83(5,6)7/h72-78H,14-71H2,1-13H3. The van der Waals surface area contributed by atoms with Crippen LogP contribution in [0.2, 0.25) is 0 Å². The van der Waals surface area contributed by atoms with Crippen molar-refractivity contribution in [2.45, 2.75) is 408 Å². The molecule has 0 saturated heterocycles. The molecule has 3 atom stereocenters. The first-order chi connectivity index (χ1) is 46.1. The van der Waals surface area contributed by atoms with Crippen molar-refractivity contribution in [1.82, 2.24) is 19.6 Å². The van der Waals surface area contributed by atoms with Crippen molar-refractivity contribution in [3.05, 3.63) is 0 Å². The minimum Gasteiger partial charge on any atom is -0.462 e. The van der Waals surface area contributed by atoms with Gasteiger partial charge in [-0.25, -0.2) is 0 Å². The molecule has 0 N–H and O–H groups in total. The van der Waals surface area contributed by atoms with Crippen LogP contribution in [0.5, 0.6) is 0 Å². The van der Waals surface area contributed by atoms with Gasteiger partial charge in [-0.15, -0.1) is 0 Å². The SMILES string of the molecule is CCCCCC(CCCC)OC(=O)CCCCCCCN(CCCCCCCC(=O)OC(CCCCC)CCC(C)CC(C)(C)C1CCC(OC(=O)CCCCCCCCCN(CCCCCCCCCC(=O)OC2CCC(C(C)(C)C)CC2)CCN(C)C)CC1)CCN(C)C. The Morgan fingerprint density at radius 1 is 0.344 bits per heavy atom. The Balaban J connectivity index is 1.55. The fourth-order valence-electron chi connectivity index (χ4n) is 15.4. The summed E-state index contributed by atoms with van der Waals surface area (Å²) in [5.74, 6) is 1.98. The monoisotopic (exact) mass is 1360 g/mol. The van der Waals surface area contributed by atoms with Gasteiger partial charge in [-0.3, -0.25) is 19.2 Å². The molecule has 0 aromatic heterocycles. The average molecular weight is 1360 g/mol. The van der Waals surface area contributed by atoms with Gasteiger partial charge in [0.15, 0.2) is 0 Å². The van der Waals surface area contributed by atoms with Gasteiger partial charge in [-0.2, -0.15) is 0 Å². The molecule has 0 aromatic carbocycles. The number of hydrogen-bond acceptors (Lipinski definition) is 12. The maximum absolute atomic E-state index is 13.3. The molecule has 0 heterocycles. The van der Waals surface area contributed by atoms with Crippen molar-refractivity contribution in [2.24, 2.45) is 28.6 Å². The van der Waals surface area contributed by atoms with Crippen molar-refractivity contribution < 1.29 is 38.1 Å². The number of rotatable bonds is 63. The first kappa shape index (κ1) is 89.8. The molecule has 0 bridgehead atoms. The maximum atomic E-state index is 13.3. The highest BCUT2D eigenvalue weighted by Gasteiger charge is 2.36. The predicted molar refractivity (Wildman–Crippen MR) is 407 cm³/mol. The molecule has 2 fully saturated rings. The summed E-state index contributed by atoms with van der Waals surface area (Å²) < 4.78 is 24.1. The highest BCUT2D eigenvalue weighted by atomic mass is 16.6. The summed E-state index contributed by atoms with van der Waals surface area (Å²) >= 11 is 0. The minimum absolute atomic E-state index is 0.00106. The summed E-state index contributed by atoms with van der Waals surface area (Å²) in [6, 6.07) is 0. The quantitative estimate of drug-likeness (QED) is 0.0328. The summed E-state index contributed by atoms with van der Waals surface area (Å²) in [5.41, 5.74) is 0.577. The van der Waals surface area contributed by atoms with Crippen LogP contribution in [-0.2, 0) is 38.1 Å². The van der Waals surface area contributed by atoms with Crippen LogP contribution in [0.4, 0.5) is 0 Å². The molecule has 12 nitrogen and oxygen atoms in total. The van der Waals surface area contributed by atoms with Crippen molar-refractivity contribution >= 4 is 23.9 Å². The molecule has 96 heavy (non-hydrogen) atoms. The molecular formula is C84H162N4O8. The third-order valence-electron chi connectivity index (χ3n) is 22.0. The van der Waals surface area contributed by atoms with Crippen molar-refractivity contribution in [3.63, 3.8) is 0 Å². The van der Waals surface area contributed by atoms with Crippen LogP contribution in [0.25, 0.3) is 0 Å². The Morgan fingerprint density at radius 3 is 1.00 bits per heavy atom. The Labute approximate surface area is 595 Å². The number of hydrogen-bond donors (Lipinski definition) is 0. The lowest BCUT2D eigenvalue weighted by Crippen LogP contribution is -2.33. The first-order valence-corrected chi connectivity index (χ1v) is 41.7. The van der Waals surface area contributed by atoms with E-state index >= 15 is 0 Å². The lowest BCUT2D eigenvalue weighted by atomic mass is 9.66. The van der Waals surface area contributed by atoms with E-state index in [2.05, 4.69) is 110 Å². The van der Waals surface area contributed by atoms with Crippen LogP contribution in [-0.4, -0.2) is 148 Å². The zero-order valence-corrected chi connectivity index (χ0v) is 66.1. The third kappa shape index (κ3) is 49.3. The Hall–Kier alpha value is -2.28. The van der Waals surface area contributed by atoms with Crippen molar-refractivity contribution in [3.8, 4) is 0 Å². The highest BCUT2D eigenvalue weighted by molar-refractivity contribution is 5.70. The molecule has 2 saturated carbocycles. The second-order valence-corrected chi connectivity index (χ2v) is 33.3. The first-order valence-electron chi connectivity index (χ1n) is 41.7. The van der Waals surface area contributed by atoms with Gasteiger partial charge in [0.05, 0.1) is 0 Å². The Morgan fingerprint density at radius 2 is 0.656 bits per heavy atom. The Kier molecular flexibility index (Phi) is 53.6. The Bertz CT molecular complexity index is 1860. The van der Waals surface area contributed by atoms with Gasteiger partial charge in [0.1, 0.15) is 24.4 Å². The molecule has 0 spiro atoms. The van der Waals surface area contributed by atoms with Crippen LogP contribution >= 0.6 is 0 Å². The van der Waals surface area contributed by atoms with E-state index in [1.54, 1.807) is 0 Å². The van der Waals surface area contributed by atoms with Gasteiger partial charge in [-0.05, 0) is 237 Å². The summed E-state index contributed by atoms with van der Waals surface area (Å²) in [5, 5.41) is 0. The second kappa shape index (κ2) is 57.3. The zero-order valence-electron chi connectivity index (χ0n) is 66.1. The molecule has 0 amide bonds. The molecule has 566 valence electrons. The summed E-state index contributed by atoms with van der Waals surface area (Å²) in [7, 11) is 8.69. The van der Waals surface area contributed by atoms with E-state index < -0.39 is 0 Å². The van der Waals surface area contributed by atoms with E-state index in [9.17, 15) is 19.2 Å². The van der Waals surface area contributed by atoms with Gasteiger partial charge in [0.2, 0.25) is 0 Å². The molecule has 0 aromatic rings. The maximum Gasteiger partial charge on any atom is 0.306 e. The molecule has 0 aliphatic heterocycles. The van der Waals surface area contributed by atoms with Crippen LogP contribution < -0.4 is 0 Å². The largest absolute Gasteiger partial charge is 0.462 e. The third-order valence-corrected chi connectivity index (χ3v) is 22.0. The van der Waals surface area contributed by atoms with Crippen LogP contribution in [0.15, 0.2) is 0 Å². The van der Waals surface area contributed by atoms with Gasteiger partial charge < -0.3 is 38.5 Å². The molecule has 0 radical (unpaired) electrons. The van der Waals surface area contributed by atoms with Crippen molar-refractivity contribution in [1.29, 1.82) is 0 Å². The smallest absolute Gasteiger partial charge is 0.306 e. The molecular weight excluding hydrogens is 1190 g/mol. The van der Waals surface area contributed by atoms with E-state index in [1.807, 2.05) is 0 Å². The zero-order chi connectivity index (χ0) is 70.5. The fourth-order valence-corrected chi connectivity index (χ4v) is 15.4. The molecule has 2 rings (SSSR count). The number of carbonyl (C=O) groups is 4. The van der Waals surface area contributed by atoms with Gasteiger partial charge in [0.25, 0.3) is 0 Å².